The number of rotatable bonds is 4. The standard InChI is InChI=1S/C12H14N2O2/c15-8-9(16)7-14-12-5-6-13-11-4-2-1-3-10(11)12/h1-6,9,15-16H,7-8H2,(H,13,14). The van der Waals surface area contributed by atoms with Crippen LogP contribution in [0.3, 0.4) is 0 Å². The van der Waals surface area contributed by atoms with Gasteiger partial charge in [0.25, 0.3) is 0 Å². The largest absolute Gasteiger partial charge is 0.394 e. The number of nitrogens with zero attached hydrogens (tertiary/aromatic N) is 1. The van der Waals surface area contributed by atoms with E-state index in [0.29, 0.717) is 6.54 Å². The number of nitrogens with one attached hydrogen (secondary N) is 1. The first-order chi connectivity index (χ1) is 7.81. The van der Waals surface area contributed by atoms with Gasteiger partial charge in [-0.1, -0.05) is 18.2 Å². The molecule has 2 aromatic rings. The molecule has 0 aliphatic heterocycles. The summed E-state index contributed by atoms with van der Waals surface area (Å²) in [4.78, 5) is 4.24. The number of pyridine rings is 1. The normalized spacial score (nSPS) is 12.6. The van der Waals surface area contributed by atoms with Gasteiger partial charge in [-0.3, -0.25) is 4.98 Å². The number of hydrogen-bond acceptors (Lipinski definition) is 4. The van der Waals surface area contributed by atoms with Crippen LogP contribution < -0.4 is 5.32 Å². The minimum atomic E-state index is -0.744. The zero-order chi connectivity index (χ0) is 11.4. The van der Waals surface area contributed by atoms with Crippen LogP contribution in [0.1, 0.15) is 0 Å². The van der Waals surface area contributed by atoms with Crippen LogP contribution in [0.2, 0.25) is 0 Å². The molecular formula is C12H14N2O2. The van der Waals surface area contributed by atoms with Gasteiger partial charge in [-0.15, -0.1) is 0 Å². The number of aromatic nitrogens is 1. The SMILES string of the molecule is OCC(O)CNc1ccnc2ccccc12. The Morgan fingerprint density at radius 1 is 1.25 bits per heavy atom. The van der Waals surface area contributed by atoms with Crippen molar-refractivity contribution in [3.05, 3.63) is 36.5 Å². The van der Waals surface area contributed by atoms with Gasteiger partial charge in [-0.05, 0) is 12.1 Å². The fraction of sp³-hybridized carbons (Fsp3) is 0.250. The van der Waals surface area contributed by atoms with E-state index in [1.807, 2.05) is 30.3 Å². The molecule has 84 valence electrons. The molecule has 0 spiro atoms. The van der Waals surface area contributed by atoms with Gasteiger partial charge in [0.05, 0.1) is 18.2 Å². The topological polar surface area (TPSA) is 65.4 Å². The van der Waals surface area contributed by atoms with E-state index in [4.69, 9.17) is 5.11 Å². The van der Waals surface area contributed by atoms with Crippen molar-refractivity contribution in [2.75, 3.05) is 18.5 Å². The Labute approximate surface area is 93.6 Å². The Bertz CT molecular complexity index is 468. The van der Waals surface area contributed by atoms with E-state index in [-0.39, 0.29) is 6.61 Å². The van der Waals surface area contributed by atoms with Gasteiger partial charge in [0.2, 0.25) is 0 Å². The van der Waals surface area contributed by atoms with E-state index in [1.54, 1.807) is 6.20 Å². The van der Waals surface area contributed by atoms with Crippen molar-refractivity contribution in [1.82, 2.24) is 4.98 Å². The van der Waals surface area contributed by atoms with Crippen molar-refractivity contribution in [2.24, 2.45) is 0 Å². The summed E-state index contributed by atoms with van der Waals surface area (Å²) in [5.74, 6) is 0. The van der Waals surface area contributed by atoms with Crippen LogP contribution in [0.15, 0.2) is 36.5 Å². The van der Waals surface area contributed by atoms with E-state index < -0.39 is 6.10 Å². The van der Waals surface area contributed by atoms with Crippen molar-refractivity contribution >= 4 is 16.6 Å². The zero-order valence-electron chi connectivity index (χ0n) is 8.80. The molecular weight excluding hydrogens is 204 g/mol. The van der Waals surface area contributed by atoms with Gasteiger partial charge in [-0.2, -0.15) is 0 Å². The second-order valence-corrected chi connectivity index (χ2v) is 3.59. The number of aliphatic hydroxyl groups is 2. The summed E-state index contributed by atoms with van der Waals surface area (Å²) in [5, 5.41) is 22.1. The monoisotopic (exact) mass is 218 g/mol. The number of anilines is 1. The summed E-state index contributed by atoms with van der Waals surface area (Å²) >= 11 is 0. The van der Waals surface area contributed by atoms with E-state index in [0.717, 1.165) is 16.6 Å². The van der Waals surface area contributed by atoms with Crippen LogP contribution in [0.4, 0.5) is 5.69 Å². The maximum atomic E-state index is 9.26. The van der Waals surface area contributed by atoms with Gasteiger partial charge in [0.1, 0.15) is 0 Å². The molecule has 4 nitrogen and oxygen atoms in total. The van der Waals surface area contributed by atoms with Gasteiger partial charge in [-0.25, -0.2) is 0 Å². The molecule has 0 aliphatic carbocycles. The molecule has 0 bridgehead atoms. The first-order valence-electron chi connectivity index (χ1n) is 5.18. The van der Waals surface area contributed by atoms with Gasteiger partial charge in [0, 0.05) is 23.8 Å². The van der Waals surface area contributed by atoms with Crippen molar-refractivity contribution in [1.29, 1.82) is 0 Å². The lowest BCUT2D eigenvalue weighted by molar-refractivity contribution is 0.105. The van der Waals surface area contributed by atoms with Crippen LogP contribution in [-0.2, 0) is 0 Å². The van der Waals surface area contributed by atoms with E-state index in [9.17, 15) is 5.11 Å². The molecule has 0 fully saturated rings. The molecule has 16 heavy (non-hydrogen) atoms. The minimum absolute atomic E-state index is 0.240. The maximum Gasteiger partial charge on any atom is 0.0942 e. The Morgan fingerprint density at radius 3 is 2.88 bits per heavy atom. The first-order valence-corrected chi connectivity index (χ1v) is 5.18. The van der Waals surface area contributed by atoms with Gasteiger partial charge in [0.15, 0.2) is 0 Å². The summed E-state index contributed by atoms with van der Waals surface area (Å²) in [6.45, 7) is 0.0839. The molecule has 1 aromatic carbocycles. The zero-order valence-corrected chi connectivity index (χ0v) is 8.80. The highest BCUT2D eigenvalue weighted by Crippen LogP contribution is 2.20. The molecule has 4 heteroatoms. The van der Waals surface area contributed by atoms with E-state index in [2.05, 4.69) is 10.3 Å². The fourth-order valence-electron chi connectivity index (χ4n) is 1.54. The first kappa shape index (κ1) is 10.9. The molecule has 3 N–H and O–H groups in total. The maximum absolute atomic E-state index is 9.26. The van der Waals surface area contributed by atoms with Gasteiger partial charge < -0.3 is 15.5 Å². The highest BCUT2D eigenvalue weighted by atomic mass is 16.3. The lowest BCUT2D eigenvalue weighted by atomic mass is 10.2. The van der Waals surface area contributed by atoms with Crippen molar-refractivity contribution in [3.8, 4) is 0 Å². The Morgan fingerprint density at radius 2 is 2.06 bits per heavy atom. The Kier molecular flexibility index (Phi) is 3.34. The van der Waals surface area contributed by atoms with Crippen LogP contribution in [0.25, 0.3) is 10.9 Å². The lowest BCUT2D eigenvalue weighted by Gasteiger charge is -2.11. The third-order valence-electron chi connectivity index (χ3n) is 2.39. The highest BCUT2D eigenvalue weighted by Gasteiger charge is 2.04. The second-order valence-electron chi connectivity index (χ2n) is 3.59. The van der Waals surface area contributed by atoms with Crippen LogP contribution >= 0.6 is 0 Å². The van der Waals surface area contributed by atoms with E-state index in [1.165, 1.54) is 0 Å². The molecule has 0 saturated heterocycles. The smallest absolute Gasteiger partial charge is 0.0942 e. The summed E-state index contributed by atoms with van der Waals surface area (Å²) in [5.41, 5.74) is 1.82. The average Bonchev–Trinajstić information content (AvgIpc) is 2.35. The van der Waals surface area contributed by atoms with Crippen LogP contribution in [-0.4, -0.2) is 34.5 Å². The third kappa shape index (κ3) is 2.29. The molecule has 1 atom stereocenters. The molecule has 1 aromatic heterocycles. The number of para-hydroxylation sites is 1. The molecule has 1 heterocycles. The second kappa shape index (κ2) is 4.92. The molecule has 2 rings (SSSR count). The molecule has 0 amide bonds. The number of fused-ring (bicyclic) bond motifs is 1. The number of benzene rings is 1. The van der Waals surface area contributed by atoms with Crippen molar-refractivity contribution in [2.45, 2.75) is 6.10 Å². The fourth-order valence-corrected chi connectivity index (χ4v) is 1.54. The van der Waals surface area contributed by atoms with E-state index >= 15 is 0 Å². The van der Waals surface area contributed by atoms with Crippen LogP contribution in [0, 0.1) is 0 Å². The Hall–Kier alpha value is -1.65. The van der Waals surface area contributed by atoms with Crippen molar-refractivity contribution < 1.29 is 10.2 Å². The quantitative estimate of drug-likeness (QED) is 0.716. The molecule has 0 aliphatic rings. The van der Waals surface area contributed by atoms with Gasteiger partial charge >= 0.3 is 0 Å². The average molecular weight is 218 g/mol. The molecule has 1 unspecified atom stereocenters. The molecule has 0 radical (unpaired) electrons. The highest BCUT2D eigenvalue weighted by molar-refractivity contribution is 5.90. The Balaban J connectivity index is 2.23. The number of aliphatic hydroxyl groups excluding tert-OH is 2. The molecule has 0 saturated carbocycles. The summed E-state index contributed by atoms with van der Waals surface area (Å²) < 4.78 is 0. The van der Waals surface area contributed by atoms with Crippen LogP contribution in [0.5, 0.6) is 0 Å². The lowest BCUT2D eigenvalue weighted by Crippen LogP contribution is -2.23. The third-order valence-corrected chi connectivity index (χ3v) is 2.39. The predicted octanol–water partition coefficient (Wildman–Crippen LogP) is 1.000. The summed E-state index contributed by atoms with van der Waals surface area (Å²) in [6.07, 6.45) is 0.975. The van der Waals surface area contributed by atoms with Crippen molar-refractivity contribution in [3.63, 3.8) is 0 Å². The minimum Gasteiger partial charge on any atom is -0.394 e. The summed E-state index contributed by atoms with van der Waals surface area (Å²) in [7, 11) is 0. The summed E-state index contributed by atoms with van der Waals surface area (Å²) in [6, 6.07) is 9.63. The predicted molar refractivity (Wildman–Crippen MR) is 63.3 cm³/mol. The number of hydrogen-bond donors (Lipinski definition) is 3.